The van der Waals surface area contributed by atoms with Gasteiger partial charge in [-0.2, -0.15) is 0 Å². The number of carbonyl (C=O) groups excluding carboxylic acids is 2. The standard InChI is InChI=1S/C44H69N3O3/c1-7-9-10-11-12-13-14-15-16-17-18-19-20-21-22-23-24-25-26-29-42(48)45-33-28-35-47(8-2)36-34-46-43(49)44(5,6)32-27-37-50-41-38-39(3)30-31-40(41)4/h9-10,12-13,15-16,18-19,21-22,24-25,30-31,38H,7-8,11,14,17,20,23,26-29,32-37H2,1-6H3,(H,45,48)(H,46,49)/b10-9-,13-12-,16-15-,19-18-,22-21-,25-24-. The summed E-state index contributed by atoms with van der Waals surface area (Å²) in [7, 11) is 0. The molecule has 0 unspecified atom stereocenters. The molecule has 2 N–H and O–H groups in total. The predicted octanol–water partition coefficient (Wildman–Crippen LogP) is 9.91. The molecular formula is C44H69N3O3. The summed E-state index contributed by atoms with van der Waals surface area (Å²) in [4.78, 5) is 27.4. The van der Waals surface area contributed by atoms with E-state index >= 15 is 0 Å². The molecule has 0 heterocycles. The first kappa shape index (κ1) is 44.4. The summed E-state index contributed by atoms with van der Waals surface area (Å²) in [6, 6.07) is 6.23. The maximum absolute atomic E-state index is 12.9. The molecular weight excluding hydrogens is 619 g/mol. The Hall–Kier alpha value is -3.64. The molecule has 50 heavy (non-hydrogen) atoms. The average molecular weight is 688 g/mol. The van der Waals surface area contributed by atoms with Crippen LogP contribution in [-0.2, 0) is 9.59 Å². The number of rotatable bonds is 28. The highest BCUT2D eigenvalue weighted by molar-refractivity contribution is 5.81. The summed E-state index contributed by atoms with van der Waals surface area (Å²) in [5.74, 6) is 1.10. The van der Waals surface area contributed by atoms with Gasteiger partial charge in [0.15, 0.2) is 0 Å². The normalized spacial score (nSPS) is 12.6. The lowest BCUT2D eigenvalue weighted by atomic mass is 9.87. The number of amides is 2. The third kappa shape index (κ3) is 23.7. The molecule has 1 rings (SSSR count). The minimum atomic E-state index is -0.447. The van der Waals surface area contributed by atoms with Crippen molar-refractivity contribution in [3.05, 3.63) is 102 Å². The molecule has 278 valence electrons. The Morgan fingerprint density at radius 1 is 0.740 bits per heavy atom. The van der Waals surface area contributed by atoms with Crippen LogP contribution in [0.2, 0.25) is 0 Å². The third-order valence-electron chi connectivity index (χ3n) is 8.43. The van der Waals surface area contributed by atoms with E-state index in [9.17, 15) is 9.59 Å². The summed E-state index contributed by atoms with van der Waals surface area (Å²) in [5.41, 5.74) is 1.87. The number of carbonyl (C=O) groups is 2. The van der Waals surface area contributed by atoms with E-state index in [1.165, 1.54) is 5.56 Å². The molecule has 0 saturated heterocycles. The maximum Gasteiger partial charge on any atom is 0.225 e. The predicted molar refractivity (Wildman–Crippen MR) is 215 cm³/mol. The van der Waals surface area contributed by atoms with Crippen LogP contribution in [0.3, 0.4) is 0 Å². The molecule has 1 aromatic carbocycles. The van der Waals surface area contributed by atoms with Crippen molar-refractivity contribution < 1.29 is 14.3 Å². The van der Waals surface area contributed by atoms with Gasteiger partial charge in [0.2, 0.25) is 11.8 Å². The Bertz CT molecular complexity index is 1240. The number of nitrogens with zero attached hydrogens (tertiary/aromatic N) is 1. The van der Waals surface area contributed by atoms with Gasteiger partial charge in [-0.15, -0.1) is 0 Å². The molecule has 0 spiro atoms. The van der Waals surface area contributed by atoms with Crippen molar-refractivity contribution in [2.45, 2.75) is 112 Å². The number of ether oxygens (including phenoxy) is 1. The number of hydrogen-bond acceptors (Lipinski definition) is 4. The van der Waals surface area contributed by atoms with E-state index in [2.05, 4.69) is 134 Å². The zero-order chi connectivity index (χ0) is 36.7. The molecule has 0 aliphatic carbocycles. The number of benzene rings is 1. The first-order valence-corrected chi connectivity index (χ1v) is 19.1. The lowest BCUT2D eigenvalue weighted by Crippen LogP contribution is -2.41. The second-order valence-electron chi connectivity index (χ2n) is 13.5. The molecule has 0 radical (unpaired) electrons. The van der Waals surface area contributed by atoms with E-state index < -0.39 is 5.41 Å². The van der Waals surface area contributed by atoms with Crippen LogP contribution in [0.1, 0.15) is 109 Å². The Morgan fingerprint density at radius 2 is 1.32 bits per heavy atom. The molecule has 2 amide bonds. The molecule has 6 heteroatoms. The summed E-state index contributed by atoms with van der Waals surface area (Å²) in [5, 5.41) is 6.17. The molecule has 0 aliphatic rings. The minimum absolute atomic E-state index is 0.0828. The zero-order valence-electron chi connectivity index (χ0n) is 32.4. The first-order chi connectivity index (χ1) is 24.2. The fourth-order valence-electron chi connectivity index (χ4n) is 5.14. The lowest BCUT2D eigenvalue weighted by Gasteiger charge is -2.25. The molecule has 0 saturated carbocycles. The average Bonchev–Trinajstić information content (AvgIpc) is 3.10. The number of aryl methyl sites for hydroxylation is 2. The van der Waals surface area contributed by atoms with Gasteiger partial charge in [-0.3, -0.25) is 9.59 Å². The van der Waals surface area contributed by atoms with Crippen LogP contribution < -0.4 is 15.4 Å². The van der Waals surface area contributed by atoms with E-state index in [-0.39, 0.29) is 11.8 Å². The largest absolute Gasteiger partial charge is 0.493 e. The van der Waals surface area contributed by atoms with Crippen LogP contribution in [0.5, 0.6) is 5.75 Å². The summed E-state index contributed by atoms with van der Waals surface area (Å²) in [6.07, 6.45) is 35.9. The molecule has 0 fully saturated rings. The molecule has 6 nitrogen and oxygen atoms in total. The fourth-order valence-corrected chi connectivity index (χ4v) is 5.14. The molecule has 0 bridgehead atoms. The van der Waals surface area contributed by atoms with Gasteiger partial charge >= 0.3 is 0 Å². The van der Waals surface area contributed by atoms with Gasteiger partial charge in [0.1, 0.15) is 5.75 Å². The Kier molecular flexibility index (Phi) is 25.9. The molecule has 0 aliphatic heterocycles. The van der Waals surface area contributed by atoms with Crippen LogP contribution in [0.25, 0.3) is 0 Å². The number of allylic oxidation sites excluding steroid dienone is 12. The number of likely N-dealkylation sites (N-methyl/N-ethyl adjacent to an activating group) is 1. The summed E-state index contributed by atoms with van der Waals surface area (Å²) < 4.78 is 5.97. The second kappa shape index (κ2) is 29.1. The molecule has 1 aromatic rings. The van der Waals surface area contributed by atoms with Crippen LogP contribution in [0.15, 0.2) is 91.1 Å². The monoisotopic (exact) mass is 688 g/mol. The van der Waals surface area contributed by atoms with Gasteiger partial charge in [0.05, 0.1) is 6.61 Å². The quantitative estimate of drug-likeness (QED) is 0.0680. The van der Waals surface area contributed by atoms with Gasteiger partial charge in [-0.1, -0.05) is 113 Å². The molecule has 0 atom stereocenters. The highest BCUT2D eigenvalue weighted by Gasteiger charge is 2.26. The first-order valence-electron chi connectivity index (χ1n) is 19.1. The molecule has 0 aromatic heterocycles. The fraction of sp³-hybridized carbons (Fsp3) is 0.545. The Labute approximate surface area is 305 Å². The van der Waals surface area contributed by atoms with Gasteiger partial charge in [0.25, 0.3) is 0 Å². The van der Waals surface area contributed by atoms with Gasteiger partial charge < -0.3 is 20.3 Å². The van der Waals surface area contributed by atoms with Crippen molar-refractivity contribution in [3.8, 4) is 5.75 Å². The van der Waals surface area contributed by atoms with Crippen molar-refractivity contribution in [2.75, 3.05) is 39.3 Å². The Balaban J connectivity index is 2.08. The highest BCUT2D eigenvalue weighted by Crippen LogP contribution is 2.24. The van der Waals surface area contributed by atoms with E-state index in [4.69, 9.17) is 4.74 Å². The Morgan fingerprint density at radius 3 is 1.90 bits per heavy atom. The third-order valence-corrected chi connectivity index (χ3v) is 8.43. The van der Waals surface area contributed by atoms with Crippen molar-refractivity contribution in [1.82, 2.24) is 15.5 Å². The van der Waals surface area contributed by atoms with Crippen molar-refractivity contribution >= 4 is 11.8 Å². The number of nitrogens with one attached hydrogen (secondary N) is 2. The number of hydrogen-bond donors (Lipinski definition) is 2. The van der Waals surface area contributed by atoms with Crippen LogP contribution in [0.4, 0.5) is 0 Å². The van der Waals surface area contributed by atoms with Crippen LogP contribution >= 0.6 is 0 Å². The summed E-state index contributed by atoms with van der Waals surface area (Å²) in [6.45, 7) is 16.9. The highest BCUT2D eigenvalue weighted by atomic mass is 16.5. The van der Waals surface area contributed by atoms with Gasteiger partial charge in [0, 0.05) is 31.5 Å². The van der Waals surface area contributed by atoms with Gasteiger partial charge in [-0.25, -0.2) is 0 Å². The van der Waals surface area contributed by atoms with Gasteiger partial charge in [-0.05, 0) is 108 Å². The second-order valence-corrected chi connectivity index (χ2v) is 13.5. The van der Waals surface area contributed by atoms with E-state index in [1.807, 2.05) is 13.8 Å². The van der Waals surface area contributed by atoms with Crippen LogP contribution in [-0.4, -0.2) is 56.0 Å². The van der Waals surface area contributed by atoms with E-state index in [0.717, 1.165) is 95.2 Å². The summed E-state index contributed by atoms with van der Waals surface area (Å²) >= 11 is 0. The van der Waals surface area contributed by atoms with Crippen molar-refractivity contribution in [1.29, 1.82) is 0 Å². The SMILES string of the molecule is CC/C=C\C/C=C\C/C=C\C/C=C\C/C=C\C/C=C\CCC(=O)NCCCN(CC)CCNC(=O)C(C)(C)CCCOc1cc(C)ccc1C. The van der Waals surface area contributed by atoms with Crippen molar-refractivity contribution in [3.63, 3.8) is 0 Å². The van der Waals surface area contributed by atoms with Crippen LogP contribution in [0, 0.1) is 19.3 Å². The van der Waals surface area contributed by atoms with E-state index in [1.54, 1.807) is 0 Å². The van der Waals surface area contributed by atoms with Crippen molar-refractivity contribution in [2.24, 2.45) is 5.41 Å². The van der Waals surface area contributed by atoms with E-state index in [0.29, 0.717) is 26.1 Å². The zero-order valence-corrected chi connectivity index (χ0v) is 32.4. The topological polar surface area (TPSA) is 70.7 Å². The maximum atomic E-state index is 12.9. The minimum Gasteiger partial charge on any atom is -0.493 e. The smallest absolute Gasteiger partial charge is 0.225 e. The lowest BCUT2D eigenvalue weighted by molar-refractivity contribution is -0.129.